The second kappa shape index (κ2) is 9.95. The van der Waals surface area contributed by atoms with Crippen LogP contribution in [0.1, 0.15) is 39.0 Å². The first kappa shape index (κ1) is 16.1. The number of carbonyl (C=O) groups is 1. The fourth-order valence-corrected chi connectivity index (χ4v) is 1.80. The van der Waals surface area contributed by atoms with Crippen LogP contribution in [-0.4, -0.2) is 43.3 Å². The van der Waals surface area contributed by atoms with E-state index in [0.29, 0.717) is 19.4 Å². The summed E-state index contributed by atoms with van der Waals surface area (Å²) in [6.45, 7) is 3.15. The van der Waals surface area contributed by atoms with Crippen molar-refractivity contribution in [1.29, 1.82) is 0 Å². The molecule has 2 atom stereocenters. The van der Waals surface area contributed by atoms with Gasteiger partial charge in [-0.25, -0.2) is 4.79 Å². The lowest BCUT2D eigenvalue weighted by molar-refractivity contribution is -0.175. The Balaban J connectivity index is 2.03. The van der Waals surface area contributed by atoms with Crippen molar-refractivity contribution in [3.63, 3.8) is 0 Å². The van der Waals surface area contributed by atoms with Crippen molar-refractivity contribution >= 4 is 5.97 Å². The molecule has 110 valence electrons. The number of ether oxygens (including phenoxy) is 3. The van der Waals surface area contributed by atoms with Crippen LogP contribution in [-0.2, 0) is 19.0 Å². The average Bonchev–Trinajstić information content (AvgIpc) is 2.43. The summed E-state index contributed by atoms with van der Waals surface area (Å²) in [5.41, 5.74) is 0. The molecule has 1 saturated heterocycles. The van der Waals surface area contributed by atoms with E-state index in [1.807, 2.05) is 0 Å². The second-order valence-electron chi connectivity index (χ2n) is 4.52. The van der Waals surface area contributed by atoms with Crippen LogP contribution in [0.4, 0.5) is 0 Å². The van der Waals surface area contributed by atoms with Crippen LogP contribution in [0.3, 0.4) is 0 Å². The SMILES string of the molecule is CCOC(=O)/C=C/CC[C@H](O)COC1CCCCO1. The van der Waals surface area contributed by atoms with Crippen LogP contribution in [0.25, 0.3) is 0 Å². The van der Waals surface area contributed by atoms with Crippen LogP contribution >= 0.6 is 0 Å². The van der Waals surface area contributed by atoms with E-state index in [-0.39, 0.29) is 18.9 Å². The molecule has 5 nitrogen and oxygen atoms in total. The van der Waals surface area contributed by atoms with E-state index in [0.717, 1.165) is 25.9 Å². The topological polar surface area (TPSA) is 65.0 Å². The third kappa shape index (κ3) is 7.97. The minimum atomic E-state index is -0.530. The van der Waals surface area contributed by atoms with E-state index in [2.05, 4.69) is 0 Å². The third-order valence-electron chi connectivity index (χ3n) is 2.82. The van der Waals surface area contributed by atoms with Gasteiger partial charge < -0.3 is 19.3 Å². The molecule has 1 aliphatic heterocycles. The Hall–Kier alpha value is -0.910. The Morgan fingerprint density at radius 3 is 3.05 bits per heavy atom. The summed E-state index contributed by atoms with van der Waals surface area (Å²) in [6.07, 6.45) is 6.67. The fourth-order valence-electron chi connectivity index (χ4n) is 1.80. The van der Waals surface area contributed by atoms with Gasteiger partial charge in [-0.15, -0.1) is 0 Å². The Morgan fingerprint density at radius 2 is 2.37 bits per heavy atom. The van der Waals surface area contributed by atoms with Gasteiger partial charge >= 0.3 is 5.97 Å². The van der Waals surface area contributed by atoms with Gasteiger partial charge in [-0.1, -0.05) is 6.08 Å². The summed E-state index contributed by atoms with van der Waals surface area (Å²) in [4.78, 5) is 11.0. The molecule has 1 heterocycles. The standard InChI is InChI=1S/C14H24O5/c1-2-17-13(16)8-4-3-7-12(15)11-19-14-9-5-6-10-18-14/h4,8,12,14-15H,2-3,5-7,9-11H2,1H3/b8-4+/t12-,14?/m0/s1. The molecule has 19 heavy (non-hydrogen) atoms. The molecule has 1 fully saturated rings. The molecule has 0 aromatic rings. The average molecular weight is 272 g/mol. The second-order valence-corrected chi connectivity index (χ2v) is 4.52. The highest BCUT2D eigenvalue weighted by molar-refractivity contribution is 5.81. The Labute approximate surface area is 114 Å². The highest BCUT2D eigenvalue weighted by Gasteiger charge is 2.15. The minimum Gasteiger partial charge on any atom is -0.463 e. The number of rotatable bonds is 8. The monoisotopic (exact) mass is 272 g/mol. The maximum absolute atomic E-state index is 11.0. The zero-order valence-electron chi connectivity index (χ0n) is 11.5. The van der Waals surface area contributed by atoms with E-state index < -0.39 is 6.10 Å². The number of aliphatic hydroxyl groups is 1. The van der Waals surface area contributed by atoms with Gasteiger partial charge in [0.1, 0.15) is 0 Å². The smallest absolute Gasteiger partial charge is 0.330 e. The highest BCUT2D eigenvalue weighted by Crippen LogP contribution is 2.14. The van der Waals surface area contributed by atoms with Crippen molar-refractivity contribution in [1.82, 2.24) is 0 Å². The zero-order valence-corrected chi connectivity index (χ0v) is 11.5. The first-order chi connectivity index (χ1) is 9.22. The number of esters is 1. The molecular formula is C14H24O5. The minimum absolute atomic E-state index is 0.168. The summed E-state index contributed by atoms with van der Waals surface area (Å²) in [6, 6.07) is 0. The van der Waals surface area contributed by atoms with Crippen molar-refractivity contribution < 1.29 is 24.1 Å². The molecule has 1 N–H and O–H groups in total. The lowest BCUT2D eigenvalue weighted by atomic mass is 10.2. The van der Waals surface area contributed by atoms with E-state index >= 15 is 0 Å². The quantitative estimate of drug-likeness (QED) is 0.539. The zero-order chi connectivity index (χ0) is 13.9. The van der Waals surface area contributed by atoms with E-state index in [4.69, 9.17) is 14.2 Å². The van der Waals surface area contributed by atoms with Gasteiger partial charge in [0.15, 0.2) is 6.29 Å². The molecule has 1 aliphatic rings. The molecule has 1 rings (SSSR count). The molecule has 1 unspecified atom stereocenters. The molecule has 0 aromatic heterocycles. The predicted octanol–water partition coefficient (Wildman–Crippen LogP) is 1.79. The van der Waals surface area contributed by atoms with Crippen molar-refractivity contribution in [2.45, 2.75) is 51.4 Å². The largest absolute Gasteiger partial charge is 0.463 e. The lowest BCUT2D eigenvalue weighted by Crippen LogP contribution is -2.26. The van der Waals surface area contributed by atoms with E-state index in [9.17, 15) is 9.90 Å². The molecule has 0 aromatic carbocycles. The van der Waals surface area contributed by atoms with E-state index in [1.165, 1.54) is 6.08 Å². The van der Waals surface area contributed by atoms with Crippen LogP contribution in [0.15, 0.2) is 12.2 Å². The molecule has 0 radical (unpaired) electrons. The first-order valence-electron chi connectivity index (χ1n) is 6.97. The van der Waals surface area contributed by atoms with Crippen molar-refractivity contribution in [3.05, 3.63) is 12.2 Å². The van der Waals surface area contributed by atoms with E-state index in [1.54, 1.807) is 13.0 Å². The van der Waals surface area contributed by atoms with Crippen molar-refractivity contribution in [2.75, 3.05) is 19.8 Å². The first-order valence-corrected chi connectivity index (χ1v) is 6.97. The number of carbonyl (C=O) groups excluding carboxylic acids is 1. The van der Waals surface area contributed by atoms with Gasteiger partial charge in [-0.2, -0.15) is 0 Å². The van der Waals surface area contributed by atoms with Crippen LogP contribution in [0.2, 0.25) is 0 Å². The van der Waals surface area contributed by atoms with Crippen LogP contribution in [0, 0.1) is 0 Å². The van der Waals surface area contributed by atoms with Gasteiger partial charge in [0.2, 0.25) is 0 Å². The lowest BCUT2D eigenvalue weighted by Gasteiger charge is -2.23. The normalized spacial score (nSPS) is 21.5. The maximum Gasteiger partial charge on any atom is 0.330 e. The van der Waals surface area contributed by atoms with Gasteiger partial charge in [0.25, 0.3) is 0 Å². The van der Waals surface area contributed by atoms with Crippen LogP contribution in [0.5, 0.6) is 0 Å². The summed E-state index contributed by atoms with van der Waals surface area (Å²) >= 11 is 0. The molecule has 0 aliphatic carbocycles. The van der Waals surface area contributed by atoms with Gasteiger partial charge in [-0.05, 0) is 39.0 Å². The number of hydrogen-bond donors (Lipinski definition) is 1. The van der Waals surface area contributed by atoms with Crippen LogP contribution < -0.4 is 0 Å². The Morgan fingerprint density at radius 1 is 1.53 bits per heavy atom. The summed E-state index contributed by atoms with van der Waals surface area (Å²) < 4.78 is 15.6. The molecule has 5 heteroatoms. The molecular weight excluding hydrogens is 248 g/mol. The summed E-state index contributed by atoms with van der Waals surface area (Å²) in [5.74, 6) is -0.344. The number of allylic oxidation sites excluding steroid dienone is 1. The number of aliphatic hydroxyl groups excluding tert-OH is 1. The van der Waals surface area contributed by atoms with Crippen molar-refractivity contribution in [3.8, 4) is 0 Å². The predicted molar refractivity (Wildman–Crippen MR) is 70.6 cm³/mol. The summed E-state index contributed by atoms with van der Waals surface area (Å²) in [5, 5.41) is 9.72. The molecule has 0 spiro atoms. The third-order valence-corrected chi connectivity index (χ3v) is 2.82. The molecule has 0 saturated carbocycles. The van der Waals surface area contributed by atoms with Gasteiger partial charge in [0, 0.05) is 12.7 Å². The summed E-state index contributed by atoms with van der Waals surface area (Å²) in [7, 11) is 0. The Bertz CT molecular complexity index is 271. The van der Waals surface area contributed by atoms with Crippen molar-refractivity contribution in [2.24, 2.45) is 0 Å². The molecule has 0 bridgehead atoms. The van der Waals surface area contributed by atoms with Gasteiger partial charge in [0.05, 0.1) is 19.3 Å². The fraction of sp³-hybridized carbons (Fsp3) is 0.786. The Kier molecular flexibility index (Phi) is 8.45. The highest BCUT2D eigenvalue weighted by atomic mass is 16.7. The number of hydrogen-bond acceptors (Lipinski definition) is 5. The molecule has 0 amide bonds. The maximum atomic E-state index is 11.0. The van der Waals surface area contributed by atoms with Gasteiger partial charge in [-0.3, -0.25) is 0 Å².